The van der Waals surface area contributed by atoms with Crippen LogP contribution in [0.4, 0.5) is 5.69 Å². The third kappa shape index (κ3) is 5.44. The number of rotatable bonds is 6. The second-order valence-electron chi connectivity index (χ2n) is 4.86. The van der Waals surface area contributed by atoms with Gasteiger partial charge in [0.25, 0.3) is 5.91 Å². The lowest BCUT2D eigenvalue weighted by Crippen LogP contribution is -2.22. The number of aryl methyl sites for hydroxylation is 1. The Labute approximate surface area is 154 Å². The van der Waals surface area contributed by atoms with Crippen molar-refractivity contribution in [2.75, 3.05) is 17.7 Å². The van der Waals surface area contributed by atoms with Crippen molar-refractivity contribution in [3.8, 4) is 0 Å². The number of nitrogens with one attached hydrogen (secondary N) is 1. The van der Waals surface area contributed by atoms with Gasteiger partial charge in [0.1, 0.15) is 0 Å². The first-order valence-corrected chi connectivity index (χ1v) is 8.79. The molecule has 7 heteroatoms. The fourth-order valence-corrected chi connectivity index (χ4v) is 2.98. The number of benzene rings is 2. The normalized spacial score (nSPS) is 10.3. The third-order valence-corrected chi connectivity index (χ3v) is 4.80. The maximum Gasteiger partial charge on any atom is 0.316 e. The van der Waals surface area contributed by atoms with Crippen molar-refractivity contribution in [3.63, 3.8) is 0 Å². The van der Waals surface area contributed by atoms with Crippen LogP contribution in [-0.2, 0) is 14.3 Å². The summed E-state index contributed by atoms with van der Waals surface area (Å²) in [7, 11) is 0. The Hall–Kier alpha value is -1.69. The Morgan fingerprint density at radius 1 is 1.12 bits per heavy atom. The number of esters is 1. The first-order valence-electron chi connectivity index (χ1n) is 7.05. The molecule has 2 aromatic rings. The molecule has 0 saturated carbocycles. The Morgan fingerprint density at radius 2 is 1.83 bits per heavy atom. The van der Waals surface area contributed by atoms with Crippen LogP contribution in [-0.4, -0.2) is 24.2 Å². The second kappa shape index (κ2) is 8.97. The van der Waals surface area contributed by atoms with E-state index in [0.29, 0.717) is 15.7 Å². The maximum absolute atomic E-state index is 11.9. The van der Waals surface area contributed by atoms with Crippen LogP contribution in [0.3, 0.4) is 0 Å². The lowest BCUT2D eigenvalue weighted by atomic mass is 10.2. The van der Waals surface area contributed by atoms with Gasteiger partial charge in [-0.1, -0.05) is 47.5 Å². The predicted octanol–water partition coefficient (Wildman–Crippen LogP) is 4.58. The molecule has 24 heavy (non-hydrogen) atoms. The fraction of sp³-hybridized carbons (Fsp3) is 0.176. The van der Waals surface area contributed by atoms with Crippen LogP contribution in [0.15, 0.2) is 47.4 Å². The molecule has 2 rings (SSSR count). The molecule has 0 aliphatic rings. The molecule has 0 unspecified atom stereocenters. The van der Waals surface area contributed by atoms with Gasteiger partial charge in [0, 0.05) is 4.90 Å². The summed E-state index contributed by atoms with van der Waals surface area (Å²) in [6.07, 6.45) is 0. The zero-order valence-electron chi connectivity index (χ0n) is 12.8. The van der Waals surface area contributed by atoms with Gasteiger partial charge < -0.3 is 10.1 Å². The largest absolute Gasteiger partial charge is 0.455 e. The number of hydrogen-bond acceptors (Lipinski definition) is 4. The highest BCUT2D eigenvalue weighted by molar-refractivity contribution is 8.00. The number of thioether (sulfide) groups is 1. The van der Waals surface area contributed by atoms with E-state index in [0.717, 1.165) is 10.5 Å². The number of ether oxygens (including phenoxy) is 1. The molecule has 2 aromatic carbocycles. The average molecular weight is 384 g/mol. The zero-order chi connectivity index (χ0) is 17.5. The molecule has 0 spiro atoms. The molecule has 126 valence electrons. The molecule has 0 radical (unpaired) electrons. The van der Waals surface area contributed by atoms with Crippen molar-refractivity contribution in [1.29, 1.82) is 0 Å². The van der Waals surface area contributed by atoms with Crippen molar-refractivity contribution in [2.24, 2.45) is 0 Å². The SMILES string of the molecule is Cc1ccc(Cl)c(NC(=O)COC(=O)CSc2ccccc2)c1Cl. The molecule has 0 fully saturated rings. The van der Waals surface area contributed by atoms with Crippen molar-refractivity contribution in [2.45, 2.75) is 11.8 Å². The first-order chi connectivity index (χ1) is 11.5. The minimum absolute atomic E-state index is 0.128. The Balaban J connectivity index is 1.81. The van der Waals surface area contributed by atoms with Crippen LogP contribution in [0.25, 0.3) is 0 Å². The molecule has 1 N–H and O–H groups in total. The minimum atomic E-state index is -0.498. The number of halogens is 2. The van der Waals surface area contributed by atoms with Crippen molar-refractivity contribution < 1.29 is 14.3 Å². The van der Waals surface area contributed by atoms with Gasteiger partial charge in [-0.25, -0.2) is 0 Å². The summed E-state index contributed by atoms with van der Waals surface area (Å²) >= 11 is 13.5. The summed E-state index contributed by atoms with van der Waals surface area (Å²) < 4.78 is 4.95. The van der Waals surface area contributed by atoms with Gasteiger partial charge in [-0.2, -0.15) is 0 Å². The summed E-state index contributed by atoms with van der Waals surface area (Å²) in [6, 6.07) is 12.8. The van der Waals surface area contributed by atoms with Crippen LogP contribution in [0.1, 0.15) is 5.56 Å². The van der Waals surface area contributed by atoms with E-state index in [1.165, 1.54) is 11.8 Å². The number of carbonyl (C=O) groups excluding carboxylic acids is 2. The molecule has 0 aliphatic heterocycles. The summed E-state index contributed by atoms with van der Waals surface area (Å²) in [5.41, 5.74) is 1.10. The number of carbonyl (C=O) groups is 2. The molecule has 0 bridgehead atoms. The Kier molecular flexibility index (Phi) is 6.97. The van der Waals surface area contributed by atoms with Gasteiger partial charge >= 0.3 is 5.97 Å². The van der Waals surface area contributed by atoms with Crippen LogP contribution in [0.2, 0.25) is 10.0 Å². The van der Waals surface area contributed by atoms with Crippen molar-refractivity contribution in [1.82, 2.24) is 0 Å². The van der Waals surface area contributed by atoms with E-state index in [-0.39, 0.29) is 5.75 Å². The quantitative estimate of drug-likeness (QED) is 0.585. The van der Waals surface area contributed by atoms with E-state index in [1.54, 1.807) is 19.1 Å². The monoisotopic (exact) mass is 383 g/mol. The van der Waals surface area contributed by atoms with Gasteiger partial charge in [-0.05, 0) is 30.7 Å². The topological polar surface area (TPSA) is 55.4 Å². The molecule has 0 saturated heterocycles. The Bertz CT molecular complexity index is 738. The highest BCUT2D eigenvalue weighted by atomic mass is 35.5. The average Bonchev–Trinajstić information content (AvgIpc) is 2.59. The maximum atomic E-state index is 11.9. The van der Waals surface area contributed by atoms with E-state index in [2.05, 4.69) is 5.32 Å². The molecular weight excluding hydrogens is 369 g/mol. The van der Waals surface area contributed by atoms with Crippen LogP contribution >= 0.6 is 35.0 Å². The summed E-state index contributed by atoms with van der Waals surface area (Å²) in [5, 5.41) is 3.25. The predicted molar refractivity (Wildman–Crippen MR) is 98.0 cm³/mol. The Morgan fingerprint density at radius 3 is 2.54 bits per heavy atom. The molecule has 1 amide bonds. The third-order valence-electron chi connectivity index (χ3n) is 3.01. The lowest BCUT2D eigenvalue weighted by molar-refractivity contribution is -0.144. The van der Waals surface area contributed by atoms with Gasteiger partial charge in [0.2, 0.25) is 0 Å². The van der Waals surface area contributed by atoms with Crippen LogP contribution in [0.5, 0.6) is 0 Å². The summed E-state index contributed by atoms with van der Waals surface area (Å²) in [5.74, 6) is -0.841. The second-order valence-corrected chi connectivity index (χ2v) is 6.70. The smallest absolute Gasteiger partial charge is 0.316 e. The number of hydrogen-bond donors (Lipinski definition) is 1. The van der Waals surface area contributed by atoms with Gasteiger partial charge in [-0.3, -0.25) is 9.59 Å². The molecule has 0 heterocycles. The van der Waals surface area contributed by atoms with Gasteiger partial charge in [0.15, 0.2) is 6.61 Å². The van der Waals surface area contributed by atoms with E-state index in [1.807, 2.05) is 30.3 Å². The van der Waals surface area contributed by atoms with Crippen LogP contribution < -0.4 is 5.32 Å². The van der Waals surface area contributed by atoms with Crippen molar-refractivity contribution in [3.05, 3.63) is 58.1 Å². The highest BCUT2D eigenvalue weighted by Gasteiger charge is 2.13. The highest BCUT2D eigenvalue weighted by Crippen LogP contribution is 2.32. The summed E-state index contributed by atoms with van der Waals surface area (Å²) in [6.45, 7) is 1.41. The standard InChI is InChI=1S/C17H15Cl2NO3S/c1-11-7-8-13(18)17(16(11)19)20-14(21)9-23-15(22)10-24-12-5-3-2-4-6-12/h2-8H,9-10H2,1H3,(H,20,21). The minimum Gasteiger partial charge on any atom is -0.455 e. The molecule has 0 aliphatic carbocycles. The molecule has 0 atom stereocenters. The van der Waals surface area contributed by atoms with E-state index in [9.17, 15) is 9.59 Å². The fourth-order valence-electron chi connectivity index (χ4n) is 1.79. The zero-order valence-corrected chi connectivity index (χ0v) is 15.2. The first kappa shape index (κ1) is 18.6. The van der Waals surface area contributed by atoms with Crippen molar-refractivity contribution >= 4 is 52.5 Å². The lowest BCUT2D eigenvalue weighted by Gasteiger charge is -2.11. The van der Waals surface area contributed by atoms with Crippen LogP contribution in [0, 0.1) is 6.92 Å². The van der Waals surface area contributed by atoms with E-state index >= 15 is 0 Å². The van der Waals surface area contributed by atoms with E-state index in [4.69, 9.17) is 27.9 Å². The van der Waals surface area contributed by atoms with Gasteiger partial charge in [0.05, 0.1) is 21.5 Å². The molecule has 4 nitrogen and oxygen atoms in total. The number of anilines is 1. The molecular formula is C17H15Cl2NO3S. The number of amides is 1. The van der Waals surface area contributed by atoms with Gasteiger partial charge in [-0.15, -0.1) is 11.8 Å². The molecule has 0 aromatic heterocycles. The summed E-state index contributed by atoms with van der Waals surface area (Å²) in [4.78, 5) is 24.5. The van der Waals surface area contributed by atoms with E-state index < -0.39 is 18.5 Å².